The van der Waals surface area contributed by atoms with Gasteiger partial charge in [0.25, 0.3) is 0 Å². The Kier molecular flexibility index (Phi) is 2.28. The molecule has 0 radical (unpaired) electrons. The van der Waals surface area contributed by atoms with Crippen LogP contribution in [0.2, 0.25) is 0 Å². The second-order valence-corrected chi connectivity index (χ2v) is 4.22. The third-order valence-corrected chi connectivity index (χ3v) is 3.26. The molecule has 2 heterocycles. The predicted molar refractivity (Wildman–Crippen MR) is 50.8 cm³/mol. The normalized spacial score (nSPS) is 34.8. The summed E-state index contributed by atoms with van der Waals surface area (Å²) in [6.45, 7) is 4.65. The van der Waals surface area contributed by atoms with Gasteiger partial charge in [-0.1, -0.05) is 0 Å². The van der Waals surface area contributed by atoms with Gasteiger partial charge in [-0.05, 0) is 31.8 Å². The van der Waals surface area contributed by atoms with E-state index in [0.717, 1.165) is 26.1 Å². The molecule has 0 saturated carbocycles. The Bertz CT molecular complexity index is 217. The second-order valence-electron chi connectivity index (χ2n) is 4.22. The summed E-state index contributed by atoms with van der Waals surface area (Å²) in [6, 6.07) is 0.448. The Balaban J connectivity index is 2.09. The number of amides is 1. The van der Waals surface area contributed by atoms with Crippen molar-refractivity contribution in [2.75, 3.05) is 19.6 Å². The summed E-state index contributed by atoms with van der Waals surface area (Å²) in [5.74, 6) is 0.903. The number of hydrogen-bond acceptors (Lipinski definition) is 2. The van der Waals surface area contributed by atoms with Crippen molar-refractivity contribution in [2.45, 2.75) is 25.8 Å². The number of fused-ring (bicyclic) bond motifs is 1. The van der Waals surface area contributed by atoms with E-state index < -0.39 is 0 Å². The highest BCUT2D eigenvalue weighted by atomic mass is 16.2. The molecule has 2 aliphatic heterocycles. The minimum Gasteiger partial charge on any atom is -0.457 e. The van der Waals surface area contributed by atoms with Gasteiger partial charge in [-0.3, -0.25) is 11.8 Å². The summed E-state index contributed by atoms with van der Waals surface area (Å²) < 4.78 is 0. The molecular weight excluding hydrogens is 164 g/mol. The van der Waals surface area contributed by atoms with Gasteiger partial charge in [0.15, 0.2) is 0 Å². The molecule has 2 saturated heterocycles. The summed E-state index contributed by atoms with van der Waals surface area (Å²) in [4.78, 5) is 15.5. The Hall–Kier alpha value is -0.570. The van der Waals surface area contributed by atoms with Crippen molar-refractivity contribution < 1.29 is 4.79 Å². The van der Waals surface area contributed by atoms with Crippen molar-refractivity contribution in [3.05, 3.63) is 7.05 Å². The highest BCUT2D eigenvalue weighted by Gasteiger charge is 2.36. The van der Waals surface area contributed by atoms with Crippen LogP contribution in [0.3, 0.4) is 0 Å². The van der Waals surface area contributed by atoms with Crippen LogP contribution >= 0.6 is 0 Å². The average molecular weight is 181 g/mol. The molecule has 2 fully saturated rings. The topological polar surface area (TPSA) is 23.6 Å². The molecule has 3 nitrogen and oxygen atoms in total. The van der Waals surface area contributed by atoms with Crippen LogP contribution in [0.25, 0.3) is 0 Å². The number of piperidine rings is 1. The third kappa shape index (κ3) is 1.57. The van der Waals surface area contributed by atoms with E-state index in [-0.39, 0.29) is 5.91 Å². The van der Waals surface area contributed by atoms with Crippen LogP contribution < -0.4 is 0 Å². The minimum absolute atomic E-state index is 0.227. The molecule has 2 atom stereocenters. The molecule has 0 aromatic rings. The first kappa shape index (κ1) is 9.00. The van der Waals surface area contributed by atoms with Crippen molar-refractivity contribution in [1.82, 2.24) is 9.80 Å². The number of likely N-dealkylation sites (tertiary alicyclic amines) is 2. The summed E-state index contributed by atoms with van der Waals surface area (Å²) in [5.41, 5.74) is 0. The predicted octanol–water partition coefficient (Wildman–Crippen LogP) is 0.721. The number of nitrogens with zero attached hydrogens (tertiary/aromatic N) is 2. The fourth-order valence-corrected chi connectivity index (χ4v) is 2.66. The molecule has 0 aliphatic carbocycles. The number of carbonyl (C=O) groups is 1. The monoisotopic (exact) mass is 181 g/mol. The zero-order valence-corrected chi connectivity index (χ0v) is 8.20. The first-order valence-electron chi connectivity index (χ1n) is 5.01. The lowest BCUT2D eigenvalue weighted by molar-refractivity contribution is -0.133. The van der Waals surface area contributed by atoms with Gasteiger partial charge in [-0.15, -0.1) is 0 Å². The zero-order valence-electron chi connectivity index (χ0n) is 8.20. The maximum absolute atomic E-state index is 11.3. The third-order valence-electron chi connectivity index (χ3n) is 3.26. The van der Waals surface area contributed by atoms with Crippen LogP contribution in [0.1, 0.15) is 19.8 Å². The molecule has 2 aliphatic rings. The maximum Gasteiger partial charge on any atom is 0.219 e. The highest BCUT2D eigenvalue weighted by molar-refractivity contribution is 5.73. The van der Waals surface area contributed by atoms with E-state index in [0.29, 0.717) is 12.0 Å². The molecule has 74 valence electrons. The van der Waals surface area contributed by atoms with E-state index in [1.807, 2.05) is 4.90 Å². The van der Waals surface area contributed by atoms with E-state index in [1.54, 1.807) is 6.92 Å². The van der Waals surface area contributed by atoms with Gasteiger partial charge in [0.05, 0.1) is 0 Å². The van der Waals surface area contributed by atoms with E-state index in [4.69, 9.17) is 0 Å². The van der Waals surface area contributed by atoms with Crippen LogP contribution in [0, 0.1) is 13.0 Å². The number of rotatable bonds is 0. The molecule has 0 spiro atoms. The number of hydrogen-bond donors (Lipinski definition) is 0. The van der Waals surface area contributed by atoms with E-state index >= 15 is 0 Å². The summed E-state index contributed by atoms with van der Waals surface area (Å²) in [7, 11) is 3.95. The molecule has 0 bridgehead atoms. The van der Waals surface area contributed by atoms with Crippen LogP contribution in [0.5, 0.6) is 0 Å². The fraction of sp³-hybridized carbons (Fsp3) is 0.800. The molecule has 0 aromatic carbocycles. The highest BCUT2D eigenvalue weighted by Crippen LogP contribution is 2.29. The van der Waals surface area contributed by atoms with Gasteiger partial charge in [0.1, 0.15) is 0 Å². The fourth-order valence-electron chi connectivity index (χ4n) is 2.66. The van der Waals surface area contributed by atoms with Crippen molar-refractivity contribution in [3.8, 4) is 0 Å². The van der Waals surface area contributed by atoms with Gasteiger partial charge >= 0.3 is 0 Å². The van der Waals surface area contributed by atoms with Gasteiger partial charge in [0.2, 0.25) is 5.91 Å². The Labute approximate surface area is 79.7 Å². The first-order valence-corrected chi connectivity index (χ1v) is 5.01. The van der Waals surface area contributed by atoms with Gasteiger partial charge in [0, 0.05) is 19.5 Å². The molecule has 3 heteroatoms. The molecule has 0 N–H and O–H groups in total. The second kappa shape index (κ2) is 3.29. The van der Waals surface area contributed by atoms with Crippen LogP contribution in [0.15, 0.2) is 0 Å². The minimum atomic E-state index is 0.227. The van der Waals surface area contributed by atoms with E-state index in [2.05, 4.69) is 11.9 Å². The molecule has 0 aromatic heterocycles. The summed E-state index contributed by atoms with van der Waals surface area (Å²) >= 11 is 0. The molecule has 2 rings (SSSR count). The van der Waals surface area contributed by atoms with Crippen LogP contribution in [-0.2, 0) is 4.79 Å². The van der Waals surface area contributed by atoms with Gasteiger partial charge < -0.3 is 9.80 Å². The summed E-state index contributed by atoms with van der Waals surface area (Å²) in [6.07, 6.45) is 2.43. The van der Waals surface area contributed by atoms with Crippen molar-refractivity contribution >= 4 is 5.91 Å². The van der Waals surface area contributed by atoms with Crippen LogP contribution in [0.4, 0.5) is 0 Å². The Morgan fingerprint density at radius 1 is 1.46 bits per heavy atom. The molecule has 13 heavy (non-hydrogen) atoms. The van der Waals surface area contributed by atoms with Crippen molar-refractivity contribution in [2.24, 2.45) is 5.92 Å². The van der Waals surface area contributed by atoms with E-state index in [9.17, 15) is 4.79 Å². The lowest BCUT2D eigenvalue weighted by Gasteiger charge is -2.36. The molecule has 0 unspecified atom stereocenters. The zero-order chi connectivity index (χ0) is 9.42. The standard InChI is InChI=1S/C10H17N2O/c1-8(13)12-5-3-4-9-6-11(2)7-10(9)12/h9-10H,2-7H2,1H3/q-1/t9-,10+/m0/s1. The Morgan fingerprint density at radius 2 is 2.23 bits per heavy atom. The SMILES string of the molecule is [CH2-]N1C[C@@H]2CCCN(C(C)=O)[C@@H]2C1. The smallest absolute Gasteiger partial charge is 0.219 e. The molecule has 1 amide bonds. The lowest BCUT2D eigenvalue weighted by atomic mass is 9.92. The lowest BCUT2D eigenvalue weighted by Crippen LogP contribution is -2.47. The van der Waals surface area contributed by atoms with Crippen LogP contribution in [-0.4, -0.2) is 41.4 Å². The van der Waals surface area contributed by atoms with Crippen molar-refractivity contribution in [3.63, 3.8) is 0 Å². The maximum atomic E-state index is 11.3. The number of carbonyl (C=O) groups excluding carboxylic acids is 1. The largest absolute Gasteiger partial charge is 0.457 e. The average Bonchev–Trinajstić information content (AvgIpc) is 2.43. The first-order chi connectivity index (χ1) is 6.18. The van der Waals surface area contributed by atoms with Gasteiger partial charge in [-0.25, -0.2) is 0 Å². The quantitative estimate of drug-likeness (QED) is 0.514. The van der Waals surface area contributed by atoms with Gasteiger partial charge in [-0.2, -0.15) is 0 Å². The summed E-state index contributed by atoms with van der Waals surface area (Å²) in [5, 5.41) is 0. The molecular formula is C10H17N2O-. The Morgan fingerprint density at radius 3 is 2.92 bits per heavy atom. The van der Waals surface area contributed by atoms with E-state index in [1.165, 1.54) is 6.42 Å². The van der Waals surface area contributed by atoms with Crippen molar-refractivity contribution in [1.29, 1.82) is 0 Å².